The molecule has 4 bridgehead atoms. The van der Waals surface area contributed by atoms with Crippen LogP contribution in [0.4, 0.5) is 0 Å². The summed E-state index contributed by atoms with van der Waals surface area (Å²) in [6.45, 7) is 3.97. The van der Waals surface area contributed by atoms with E-state index in [0.29, 0.717) is 16.6 Å². The summed E-state index contributed by atoms with van der Waals surface area (Å²) in [5, 5.41) is 8.97. The third-order valence-electron chi connectivity index (χ3n) is 7.98. The number of carbonyl (C=O) groups is 2. The molecule has 0 atom stereocenters. The molecule has 1 amide bonds. The zero-order chi connectivity index (χ0) is 24.7. The molecule has 4 aliphatic rings. The lowest BCUT2D eigenvalue weighted by Gasteiger charge is -2.56. The third kappa shape index (κ3) is 5.14. The number of halogens is 2. The fourth-order valence-corrected chi connectivity index (χ4v) is 7.39. The lowest BCUT2D eigenvalue weighted by Crippen LogP contribution is -2.60. The molecule has 2 aromatic rings. The molecule has 186 valence electrons. The number of nitrogens with zero attached hydrogens (tertiary/aromatic N) is 2. The minimum absolute atomic E-state index is 0.0819. The standard InChI is InChI=1S/C27H31Cl2N3O3/c1-16-21(17(2)32(31-16)14-22-23(28)4-3-5-24(22)29)6-7-26(34)35-15-25(33)30-27-11-18-8-19(12-27)10-20(9-18)13-27/h3-7,18-20H,8-15H2,1-2H3,(H,30,33). The number of aromatic nitrogens is 2. The molecule has 0 spiro atoms. The molecule has 1 heterocycles. The van der Waals surface area contributed by atoms with Crippen LogP contribution in [0.3, 0.4) is 0 Å². The van der Waals surface area contributed by atoms with Gasteiger partial charge in [0.1, 0.15) is 0 Å². The first-order valence-corrected chi connectivity index (χ1v) is 13.1. The maximum Gasteiger partial charge on any atom is 0.331 e. The summed E-state index contributed by atoms with van der Waals surface area (Å²) in [6, 6.07) is 5.40. The van der Waals surface area contributed by atoms with E-state index in [0.717, 1.165) is 59.5 Å². The monoisotopic (exact) mass is 515 g/mol. The summed E-state index contributed by atoms with van der Waals surface area (Å²) in [6.07, 6.45) is 10.2. The van der Waals surface area contributed by atoms with Crippen molar-refractivity contribution in [2.24, 2.45) is 17.8 Å². The highest BCUT2D eigenvalue weighted by Crippen LogP contribution is 2.55. The number of ether oxygens (including phenoxy) is 1. The van der Waals surface area contributed by atoms with E-state index < -0.39 is 5.97 Å². The van der Waals surface area contributed by atoms with E-state index in [1.807, 2.05) is 18.5 Å². The van der Waals surface area contributed by atoms with E-state index in [1.165, 1.54) is 25.3 Å². The Hall–Kier alpha value is -2.31. The second-order valence-electron chi connectivity index (χ2n) is 10.6. The van der Waals surface area contributed by atoms with Gasteiger partial charge in [0.25, 0.3) is 5.91 Å². The van der Waals surface area contributed by atoms with Gasteiger partial charge in [-0.15, -0.1) is 0 Å². The molecule has 1 aromatic heterocycles. The summed E-state index contributed by atoms with van der Waals surface area (Å²) >= 11 is 12.6. The van der Waals surface area contributed by atoms with Crippen LogP contribution in [0.5, 0.6) is 0 Å². The molecular weight excluding hydrogens is 485 g/mol. The van der Waals surface area contributed by atoms with Gasteiger partial charge in [0.2, 0.25) is 0 Å². The molecule has 0 saturated heterocycles. The van der Waals surface area contributed by atoms with Gasteiger partial charge in [-0.25, -0.2) is 4.79 Å². The zero-order valence-corrected chi connectivity index (χ0v) is 21.7. The summed E-state index contributed by atoms with van der Waals surface area (Å²) in [5.41, 5.74) is 3.18. The van der Waals surface area contributed by atoms with Gasteiger partial charge in [-0.1, -0.05) is 29.3 Å². The van der Waals surface area contributed by atoms with Crippen LogP contribution in [0.1, 0.15) is 61.0 Å². The second kappa shape index (κ2) is 9.62. The Morgan fingerprint density at radius 3 is 2.31 bits per heavy atom. The molecule has 1 N–H and O–H groups in total. The Morgan fingerprint density at radius 2 is 1.71 bits per heavy atom. The maximum atomic E-state index is 12.6. The van der Waals surface area contributed by atoms with E-state index in [-0.39, 0.29) is 18.1 Å². The highest BCUT2D eigenvalue weighted by atomic mass is 35.5. The fourth-order valence-electron chi connectivity index (χ4n) is 6.87. The Bertz CT molecular complexity index is 1130. The van der Waals surface area contributed by atoms with Crippen molar-refractivity contribution in [3.8, 4) is 0 Å². The minimum atomic E-state index is -0.550. The number of benzene rings is 1. The highest BCUT2D eigenvalue weighted by molar-refractivity contribution is 6.35. The van der Waals surface area contributed by atoms with Crippen molar-refractivity contribution in [2.75, 3.05) is 6.61 Å². The first-order valence-electron chi connectivity index (χ1n) is 12.3. The first-order chi connectivity index (χ1) is 16.7. The summed E-state index contributed by atoms with van der Waals surface area (Å²) < 4.78 is 7.07. The van der Waals surface area contributed by atoms with E-state index >= 15 is 0 Å². The van der Waals surface area contributed by atoms with Gasteiger partial charge < -0.3 is 10.1 Å². The van der Waals surface area contributed by atoms with E-state index in [2.05, 4.69) is 10.4 Å². The Morgan fingerprint density at radius 1 is 1.11 bits per heavy atom. The van der Waals surface area contributed by atoms with E-state index in [1.54, 1.807) is 24.3 Å². The lowest BCUT2D eigenvalue weighted by atomic mass is 9.53. The average molecular weight is 516 g/mol. The first kappa shape index (κ1) is 24.4. The second-order valence-corrected chi connectivity index (χ2v) is 11.4. The van der Waals surface area contributed by atoms with Crippen molar-refractivity contribution in [3.63, 3.8) is 0 Å². The Balaban J connectivity index is 1.17. The number of carbonyl (C=O) groups excluding carboxylic acids is 2. The van der Waals surface area contributed by atoms with Crippen molar-refractivity contribution >= 4 is 41.2 Å². The SMILES string of the molecule is Cc1nn(Cc2c(Cl)cccc2Cl)c(C)c1C=CC(=O)OCC(=O)NC12CC3CC(CC(C3)C1)C2. The normalized spacial score (nSPS) is 26.9. The summed E-state index contributed by atoms with van der Waals surface area (Å²) in [7, 11) is 0. The molecule has 4 fully saturated rings. The molecule has 8 heteroatoms. The van der Waals surface area contributed by atoms with Gasteiger partial charge >= 0.3 is 5.97 Å². The number of aryl methyl sites for hydroxylation is 1. The van der Waals surface area contributed by atoms with Gasteiger partial charge in [0.15, 0.2) is 6.61 Å². The molecule has 1 aromatic carbocycles. The Labute approximate surface area is 216 Å². The van der Waals surface area contributed by atoms with Gasteiger partial charge in [0, 0.05) is 38.5 Å². The molecule has 0 radical (unpaired) electrons. The fraction of sp³-hybridized carbons (Fsp3) is 0.519. The van der Waals surface area contributed by atoms with Crippen LogP contribution in [0.2, 0.25) is 10.0 Å². The molecule has 4 aliphatic carbocycles. The van der Waals surface area contributed by atoms with Crippen molar-refractivity contribution in [1.82, 2.24) is 15.1 Å². The molecule has 6 rings (SSSR count). The van der Waals surface area contributed by atoms with Crippen LogP contribution >= 0.6 is 23.2 Å². The number of esters is 1. The van der Waals surface area contributed by atoms with Crippen molar-refractivity contribution in [2.45, 2.75) is 64.5 Å². The lowest BCUT2D eigenvalue weighted by molar-refractivity contribution is -0.145. The highest BCUT2D eigenvalue weighted by Gasteiger charge is 2.51. The predicted octanol–water partition coefficient (Wildman–Crippen LogP) is 5.50. The van der Waals surface area contributed by atoms with Crippen LogP contribution in [0.25, 0.3) is 6.08 Å². The van der Waals surface area contributed by atoms with E-state index in [4.69, 9.17) is 27.9 Å². The molecule has 35 heavy (non-hydrogen) atoms. The minimum Gasteiger partial charge on any atom is -0.452 e. The smallest absolute Gasteiger partial charge is 0.331 e. The zero-order valence-electron chi connectivity index (χ0n) is 20.2. The van der Waals surface area contributed by atoms with Crippen molar-refractivity contribution in [1.29, 1.82) is 0 Å². The number of hydrogen-bond donors (Lipinski definition) is 1. The molecule has 0 aliphatic heterocycles. The molecule has 0 unspecified atom stereocenters. The largest absolute Gasteiger partial charge is 0.452 e. The van der Waals surface area contributed by atoms with Gasteiger partial charge in [-0.2, -0.15) is 5.10 Å². The van der Waals surface area contributed by atoms with Gasteiger partial charge in [0.05, 0.1) is 12.2 Å². The van der Waals surface area contributed by atoms with Crippen LogP contribution in [-0.4, -0.2) is 33.8 Å². The number of nitrogens with one attached hydrogen (secondary N) is 1. The van der Waals surface area contributed by atoms with Gasteiger partial charge in [-0.05, 0) is 88.3 Å². The third-order valence-corrected chi connectivity index (χ3v) is 8.69. The Kier molecular flexibility index (Phi) is 6.71. The van der Waals surface area contributed by atoms with Crippen LogP contribution < -0.4 is 5.32 Å². The maximum absolute atomic E-state index is 12.6. The quantitative estimate of drug-likeness (QED) is 0.390. The molecule has 6 nitrogen and oxygen atoms in total. The molecule has 4 saturated carbocycles. The van der Waals surface area contributed by atoms with E-state index in [9.17, 15) is 9.59 Å². The predicted molar refractivity (Wildman–Crippen MR) is 136 cm³/mol. The summed E-state index contributed by atoms with van der Waals surface area (Å²) in [4.78, 5) is 24.9. The van der Waals surface area contributed by atoms with Crippen molar-refractivity contribution < 1.29 is 14.3 Å². The van der Waals surface area contributed by atoms with Crippen LogP contribution in [0.15, 0.2) is 24.3 Å². The van der Waals surface area contributed by atoms with Gasteiger partial charge in [-0.3, -0.25) is 9.48 Å². The van der Waals surface area contributed by atoms with Crippen molar-refractivity contribution in [3.05, 3.63) is 56.8 Å². The number of amides is 1. The topological polar surface area (TPSA) is 73.2 Å². The van der Waals surface area contributed by atoms with Crippen LogP contribution in [-0.2, 0) is 20.9 Å². The number of rotatable bonds is 7. The number of hydrogen-bond acceptors (Lipinski definition) is 4. The molecular formula is C27H31Cl2N3O3. The average Bonchev–Trinajstić information content (AvgIpc) is 3.04. The summed E-state index contributed by atoms with van der Waals surface area (Å²) in [5.74, 6) is 1.48. The van der Waals surface area contributed by atoms with Crippen LogP contribution in [0, 0.1) is 31.6 Å².